The van der Waals surface area contributed by atoms with Crippen molar-refractivity contribution in [3.05, 3.63) is 71.5 Å². The van der Waals surface area contributed by atoms with Crippen molar-refractivity contribution < 1.29 is 41.4 Å². The van der Waals surface area contributed by atoms with E-state index >= 15 is 0 Å². The lowest BCUT2D eigenvalue weighted by molar-refractivity contribution is -0.140. The second-order valence-electron chi connectivity index (χ2n) is 9.61. The number of allylic oxidation sites excluding steroid dienone is 1. The number of esters is 2. The summed E-state index contributed by atoms with van der Waals surface area (Å²) in [5, 5.41) is 0. The first-order valence-electron chi connectivity index (χ1n) is 11.7. The maximum Gasteiger partial charge on any atom is 0.417 e. The van der Waals surface area contributed by atoms with E-state index in [1.165, 1.54) is 24.3 Å². The van der Waals surface area contributed by atoms with Gasteiger partial charge in [0.2, 0.25) is 0 Å². The Balaban J connectivity index is 1.26. The quantitative estimate of drug-likeness (QED) is 0.225. The van der Waals surface area contributed by atoms with Gasteiger partial charge in [0.25, 0.3) is 0 Å². The Labute approximate surface area is 205 Å². The second kappa shape index (κ2) is 8.96. The number of ether oxygens (including phenoxy) is 3. The van der Waals surface area contributed by atoms with Crippen LogP contribution in [0.4, 0.5) is 13.2 Å². The van der Waals surface area contributed by atoms with Crippen LogP contribution in [0.15, 0.2) is 64.8 Å². The van der Waals surface area contributed by atoms with E-state index in [0.29, 0.717) is 24.8 Å². The lowest BCUT2D eigenvalue weighted by atomic mass is 9.84. The summed E-state index contributed by atoms with van der Waals surface area (Å²) in [6.07, 6.45) is 0.641. The Morgan fingerprint density at radius 2 is 2.06 bits per heavy atom. The Bertz CT molecular complexity index is 1240. The van der Waals surface area contributed by atoms with E-state index < -0.39 is 23.7 Å². The van der Waals surface area contributed by atoms with Gasteiger partial charge in [0.1, 0.15) is 30.8 Å². The first-order chi connectivity index (χ1) is 17.1. The zero-order valence-corrected chi connectivity index (χ0v) is 19.6. The highest BCUT2D eigenvalue weighted by atomic mass is 19.4. The van der Waals surface area contributed by atoms with Gasteiger partial charge in [-0.3, -0.25) is 0 Å². The molecule has 2 aromatic rings. The zero-order chi connectivity index (χ0) is 25.7. The van der Waals surface area contributed by atoms with Gasteiger partial charge in [0.15, 0.2) is 0 Å². The number of epoxide rings is 1. The number of carbonyl (C=O) groups excluding carboxylic acids is 2. The van der Waals surface area contributed by atoms with Gasteiger partial charge in [-0.2, -0.15) is 13.2 Å². The fraction of sp³-hybridized carbons (Fsp3) is 0.407. The molecule has 0 N–H and O–H groups in total. The van der Waals surface area contributed by atoms with E-state index in [2.05, 4.69) is 6.58 Å². The van der Waals surface area contributed by atoms with E-state index in [4.69, 9.17) is 18.6 Å². The molecule has 3 heterocycles. The lowest BCUT2D eigenvalue weighted by Gasteiger charge is -2.20. The van der Waals surface area contributed by atoms with Crippen LogP contribution in [0.3, 0.4) is 0 Å². The molecule has 9 heteroatoms. The minimum atomic E-state index is -4.56. The Hall–Kier alpha value is -3.33. The number of halogens is 3. The van der Waals surface area contributed by atoms with Crippen LogP contribution in [-0.2, 0) is 25.2 Å². The molecule has 6 nitrogen and oxygen atoms in total. The molecule has 2 aliphatic heterocycles. The molecule has 36 heavy (non-hydrogen) atoms. The fourth-order valence-corrected chi connectivity index (χ4v) is 5.02. The monoisotopic (exact) mass is 502 g/mol. The van der Waals surface area contributed by atoms with Gasteiger partial charge in [0, 0.05) is 17.1 Å². The van der Waals surface area contributed by atoms with E-state index in [-0.39, 0.29) is 47.2 Å². The van der Waals surface area contributed by atoms with Gasteiger partial charge in [0.05, 0.1) is 16.7 Å². The molecule has 0 amide bonds. The van der Waals surface area contributed by atoms with Crippen molar-refractivity contribution in [2.24, 2.45) is 5.92 Å². The standard InChI is InChI=1S/C27H25F3O6/c1-15-18-10-9-16(6-5-11-26(2)23(36-26)22(18)35-24(15)31)13-34-25(32)17-12-21(33-14-17)19-7-3-4-8-20(19)27(28,29)30/h3-4,6-8,12,14,18,22-23H,1,5,9-11,13H2,2H3/b16-6-/t18-,22-,23-,26+/m0/s1. The highest BCUT2D eigenvalue weighted by Gasteiger charge is 2.61. The first kappa shape index (κ1) is 24.4. The number of hydrogen-bond donors (Lipinski definition) is 0. The fourth-order valence-electron chi connectivity index (χ4n) is 5.02. The van der Waals surface area contributed by atoms with Crippen molar-refractivity contribution in [2.45, 2.75) is 56.6 Å². The Morgan fingerprint density at radius 3 is 2.83 bits per heavy atom. The van der Waals surface area contributed by atoms with E-state index in [1.807, 2.05) is 13.0 Å². The predicted octanol–water partition coefficient (Wildman–Crippen LogP) is 5.88. The topological polar surface area (TPSA) is 78.3 Å². The maximum atomic E-state index is 13.3. The van der Waals surface area contributed by atoms with Crippen LogP contribution in [-0.4, -0.2) is 36.4 Å². The third-order valence-electron chi connectivity index (χ3n) is 7.16. The molecule has 5 rings (SSSR count). The van der Waals surface area contributed by atoms with E-state index in [9.17, 15) is 22.8 Å². The molecule has 2 saturated heterocycles. The maximum absolute atomic E-state index is 13.3. The van der Waals surface area contributed by atoms with Crippen molar-refractivity contribution in [2.75, 3.05) is 6.61 Å². The third kappa shape index (κ3) is 4.59. The first-order valence-corrected chi connectivity index (χ1v) is 11.7. The summed E-state index contributed by atoms with van der Waals surface area (Å²) in [5.41, 5.74) is -0.0500. The molecule has 4 atom stereocenters. The van der Waals surface area contributed by atoms with Gasteiger partial charge in [-0.25, -0.2) is 9.59 Å². The minimum Gasteiger partial charge on any atom is -0.463 e. The van der Waals surface area contributed by atoms with Crippen LogP contribution in [0.2, 0.25) is 0 Å². The summed E-state index contributed by atoms with van der Waals surface area (Å²) >= 11 is 0. The van der Waals surface area contributed by atoms with Crippen LogP contribution < -0.4 is 0 Å². The number of benzene rings is 1. The molecule has 1 aromatic heterocycles. The normalized spacial score (nSPS) is 29.4. The summed E-state index contributed by atoms with van der Waals surface area (Å²) in [7, 11) is 0. The van der Waals surface area contributed by atoms with Gasteiger partial charge in [-0.1, -0.05) is 30.9 Å². The highest BCUT2D eigenvalue weighted by Crippen LogP contribution is 2.49. The van der Waals surface area contributed by atoms with Crippen molar-refractivity contribution in [3.63, 3.8) is 0 Å². The molecular weight excluding hydrogens is 477 g/mol. The molecule has 1 aromatic carbocycles. The highest BCUT2D eigenvalue weighted by molar-refractivity contribution is 5.91. The molecule has 0 bridgehead atoms. The van der Waals surface area contributed by atoms with E-state index in [0.717, 1.165) is 24.3 Å². The molecule has 0 radical (unpaired) electrons. The summed E-state index contributed by atoms with van der Waals surface area (Å²) in [6, 6.07) is 6.25. The van der Waals surface area contributed by atoms with Gasteiger partial charge in [-0.05, 0) is 50.3 Å². The number of alkyl halides is 3. The van der Waals surface area contributed by atoms with Crippen molar-refractivity contribution >= 4 is 11.9 Å². The summed E-state index contributed by atoms with van der Waals surface area (Å²) < 4.78 is 62.2. The summed E-state index contributed by atoms with van der Waals surface area (Å²) in [6.45, 7) is 5.90. The minimum absolute atomic E-state index is 0.0121. The molecular formula is C27H25F3O6. The van der Waals surface area contributed by atoms with Crippen LogP contribution in [0.1, 0.15) is 48.5 Å². The predicted molar refractivity (Wildman–Crippen MR) is 122 cm³/mol. The Kier molecular flexibility index (Phi) is 6.06. The molecule has 3 aliphatic rings. The number of furan rings is 1. The second-order valence-corrected chi connectivity index (χ2v) is 9.61. The lowest BCUT2D eigenvalue weighted by Crippen LogP contribution is -2.29. The molecule has 1 aliphatic carbocycles. The van der Waals surface area contributed by atoms with Gasteiger partial charge in [-0.15, -0.1) is 0 Å². The van der Waals surface area contributed by atoms with Crippen LogP contribution in [0.5, 0.6) is 0 Å². The molecule has 2 fully saturated rings. The van der Waals surface area contributed by atoms with Crippen LogP contribution >= 0.6 is 0 Å². The van der Waals surface area contributed by atoms with Crippen molar-refractivity contribution in [1.82, 2.24) is 0 Å². The number of rotatable bonds is 4. The van der Waals surface area contributed by atoms with Crippen LogP contribution in [0.25, 0.3) is 11.3 Å². The zero-order valence-electron chi connectivity index (χ0n) is 19.6. The average Bonchev–Trinajstić information content (AvgIpc) is 3.15. The number of fused-ring (bicyclic) bond motifs is 3. The van der Waals surface area contributed by atoms with Gasteiger partial charge >= 0.3 is 18.1 Å². The number of carbonyl (C=O) groups is 2. The smallest absolute Gasteiger partial charge is 0.417 e. The SMILES string of the molecule is C=C1C(=O)O[C@H]2[C@H]1CC/C(COC(=O)c1coc(-c3ccccc3C(F)(F)F)c1)=C/CC[C@@]1(C)O[C@@H]21. The summed E-state index contributed by atoms with van der Waals surface area (Å²) in [5.74, 6) is -1.35. The van der Waals surface area contributed by atoms with Crippen molar-refractivity contribution in [3.8, 4) is 11.3 Å². The average molecular weight is 502 g/mol. The molecule has 0 saturated carbocycles. The van der Waals surface area contributed by atoms with Crippen LogP contribution in [0, 0.1) is 5.92 Å². The third-order valence-corrected chi connectivity index (χ3v) is 7.16. The Morgan fingerprint density at radius 1 is 1.28 bits per heavy atom. The molecule has 0 unspecified atom stereocenters. The largest absolute Gasteiger partial charge is 0.463 e. The number of hydrogen-bond acceptors (Lipinski definition) is 6. The van der Waals surface area contributed by atoms with Gasteiger partial charge < -0.3 is 18.6 Å². The summed E-state index contributed by atoms with van der Waals surface area (Å²) in [4.78, 5) is 24.8. The van der Waals surface area contributed by atoms with Crippen molar-refractivity contribution in [1.29, 1.82) is 0 Å². The van der Waals surface area contributed by atoms with E-state index in [1.54, 1.807) is 0 Å². The molecule has 0 spiro atoms. The molecule has 190 valence electrons.